The normalized spacial score (nSPS) is 13.4. The number of hydrogen-bond donors (Lipinski definition) is 0. The van der Waals surface area contributed by atoms with Gasteiger partial charge < -0.3 is 14.4 Å². The van der Waals surface area contributed by atoms with Crippen molar-refractivity contribution >= 4 is 17.5 Å². The summed E-state index contributed by atoms with van der Waals surface area (Å²) >= 11 is 1.84. The van der Waals surface area contributed by atoms with Gasteiger partial charge >= 0.3 is 0 Å². The van der Waals surface area contributed by atoms with Gasteiger partial charge in [-0.15, -0.1) is 11.8 Å². The number of ether oxygens (including phenoxy) is 2. The highest BCUT2D eigenvalue weighted by atomic mass is 32.2. The molecule has 0 radical (unpaired) electrons. The average molecular weight is 405 g/mol. The Labute approximate surface area is 176 Å². The molecule has 2 heterocycles. The summed E-state index contributed by atoms with van der Waals surface area (Å²) in [7, 11) is 1.66. The van der Waals surface area contributed by atoms with Gasteiger partial charge in [-0.3, -0.25) is 0 Å². The first kappa shape index (κ1) is 19.6. The van der Waals surface area contributed by atoms with Gasteiger partial charge in [0.2, 0.25) is 5.88 Å². The van der Waals surface area contributed by atoms with Crippen molar-refractivity contribution in [2.75, 3.05) is 26.2 Å². The van der Waals surface area contributed by atoms with Gasteiger partial charge in [-0.2, -0.15) is 0 Å². The van der Waals surface area contributed by atoms with E-state index in [1.807, 2.05) is 24.0 Å². The lowest BCUT2D eigenvalue weighted by Gasteiger charge is -2.23. The Bertz CT molecular complexity index is 958. The smallest absolute Gasteiger partial charge is 0.213 e. The Balaban J connectivity index is 1.56. The van der Waals surface area contributed by atoms with Crippen LogP contribution in [0.2, 0.25) is 0 Å². The van der Waals surface area contributed by atoms with E-state index < -0.39 is 0 Å². The molecule has 148 valence electrons. The van der Waals surface area contributed by atoms with Gasteiger partial charge in [0.15, 0.2) is 0 Å². The van der Waals surface area contributed by atoms with Crippen molar-refractivity contribution in [1.82, 2.24) is 9.88 Å². The zero-order valence-corrected chi connectivity index (χ0v) is 17.3. The van der Waals surface area contributed by atoms with Crippen molar-refractivity contribution in [2.24, 2.45) is 0 Å². The van der Waals surface area contributed by atoms with Crippen LogP contribution < -0.4 is 4.74 Å². The summed E-state index contributed by atoms with van der Waals surface area (Å²) in [5.74, 6) is 1.58. The molecule has 0 unspecified atom stereocenters. The average Bonchev–Trinajstić information content (AvgIpc) is 3.23. The summed E-state index contributed by atoms with van der Waals surface area (Å²) in [6.45, 7) is 1.95. The predicted molar refractivity (Wildman–Crippen MR) is 119 cm³/mol. The van der Waals surface area contributed by atoms with Crippen molar-refractivity contribution in [2.45, 2.75) is 6.54 Å². The number of thioether (sulfide) groups is 1. The number of aromatic nitrogens is 1. The molecule has 29 heavy (non-hydrogen) atoms. The standard InChI is InChI=1S/C24H24N2O2S/c1-27-13-14-28-24-12-11-20(15-25-24)21-9-5-6-10-22(21)23-17-29-18-26(23)16-19-7-3-2-4-8-19/h2-12,15,17H,13-14,16,18H2,1H3. The second kappa shape index (κ2) is 9.63. The molecule has 5 heteroatoms. The molecule has 0 saturated carbocycles. The maximum atomic E-state index is 5.59. The van der Waals surface area contributed by atoms with E-state index in [1.165, 1.54) is 22.4 Å². The molecule has 0 N–H and O–H groups in total. The molecule has 0 fully saturated rings. The fourth-order valence-electron chi connectivity index (χ4n) is 3.33. The third-order valence-electron chi connectivity index (χ3n) is 4.77. The lowest BCUT2D eigenvalue weighted by molar-refractivity contribution is 0.144. The van der Waals surface area contributed by atoms with E-state index in [0.717, 1.165) is 18.0 Å². The minimum atomic E-state index is 0.498. The van der Waals surface area contributed by atoms with Crippen LogP contribution in [-0.2, 0) is 11.3 Å². The van der Waals surface area contributed by atoms with Crippen LogP contribution in [0.5, 0.6) is 5.88 Å². The molecule has 0 bridgehead atoms. The summed E-state index contributed by atoms with van der Waals surface area (Å²) in [5, 5.41) is 2.26. The number of pyridine rings is 1. The Hall–Kier alpha value is -2.76. The quantitative estimate of drug-likeness (QED) is 0.477. The predicted octanol–water partition coefficient (Wildman–Crippen LogP) is 5.28. The van der Waals surface area contributed by atoms with Crippen LogP contribution in [0, 0.1) is 0 Å². The van der Waals surface area contributed by atoms with Crippen molar-refractivity contribution in [3.63, 3.8) is 0 Å². The largest absolute Gasteiger partial charge is 0.475 e. The van der Waals surface area contributed by atoms with E-state index in [-0.39, 0.29) is 0 Å². The molecular formula is C24H24N2O2S. The van der Waals surface area contributed by atoms with Crippen LogP contribution in [0.15, 0.2) is 78.3 Å². The second-order valence-corrected chi connectivity index (χ2v) is 7.58. The lowest BCUT2D eigenvalue weighted by atomic mass is 9.98. The molecule has 3 aromatic rings. The van der Waals surface area contributed by atoms with E-state index in [9.17, 15) is 0 Å². The van der Waals surface area contributed by atoms with Crippen LogP contribution >= 0.6 is 11.8 Å². The molecule has 0 aliphatic carbocycles. The summed E-state index contributed by atoms with van der Waals surface area (Å²) in [4.78, 5) is 6.89. The summed E-state index contributed by atoms with van der Waals surface area (Å²) < 4.78 is 10.6. The van der Waals surface area contributed by atoms with Crippen molar-refractivity contribution in [3.05, 3.63) is 89.5 Å². The number of methoxy groups -OCH3 is 1. The zero-order chi connectivity index (χ0) is 19.9. The van der Waals surface area contributed by atoms with Crippen LogP contribution in [0.25, 0.3) is 16.8 Å². The van der Waals surface area contributed by atoms with Crippen molar-refractivity contribution < 1.29 is 9.47 Å². The molecule has 0 amide bonds. The second-order valence-electron chi connectivity index (χ2n) is 6.75. The summed E-state index contributed by atoms with van der Waals surface area (Å²) in [6, 6.07) is 23.1. The summed E-state index contributed by atoms with van der Waals surface area (Å²) in [6.07, 6.45) is 1.88. The van der Waals surface area contributed by atoms with Crippen LogP contribution in [0.4, 0.5) is 0 Å². The molecule has 1 aliphatic heterocycles. The van der Waals surface area contributed by atoms with Gasteiger partial charge in [-0.05, 0) is 22.6 Å². The van der Waals surface area contributed by atoms with Crippen LogP contribution in [0.1, 0.15) is 11.1 Å². The molecule has 4 rings (SSSR count). The first-order chi connectivity index (χ1) is 14.3. The monoisotopic (exact) mass is 404 g/mol. The zero-order valence-electron chi connectivity index (χ0n) is 16.5. The van der Waals surface area contributed by atoms with Crippen LogP contribution in [0.3, 0.4) is 0 Å². The number of benzene rings is 2. The highest BCUT2D eigenvalue weighted by Crippen LogP contribution is 2.37. The molecule has 0 atom stereocenters. The van der Waals surface area contributed by atoms with Crippen molar-refractivity contribution in [1.29, 1.82) is 0 Å². The minimum Gasteiger partial charge on any atom is -0.475 e. The first-order valence-corrected chi connectivity index (χ1v) is 10.7. The van der Waals surface area contributed by atoms with Gasteiger partial charge in [0.25, 0.3) is 0 Å². The summed E-state index contributed by atoms with van der Waals surface area (Å²) in [5.41, 5.74) is 6.06. The lowest BCUT2D eigenvalue weighted by Crippen LogP contribution is -2.18. The van der Waals surface area contributed by atoms with E-state index in [2.05, 4.69) is 76.0 Å². The maximum absolute atomic E-state index is 5.59. The van der Waals surface area contributed by atoms with E-state index in [4.69, 9.17) is 9.47 Å². The molecule has 0 spiro atoms. The van der Waals surface area contributed by atoms with Gasteiger partial charge in [0.05, 0.1) is 18.2 Å². The number of rotatable bonds is 8. The SMILES string of the molecule is COCCOc1ccc(-c2ccccc2C2=CSCN2Cc2ccccc2)cn1. The fourth-order valence-corrected chi connectivity index (χ4v) is 4.25. The van der Waals surface area contributed by atoms with Gasteiger partial charge in [-0.25, -0.2) is 4.98 Å². The molecule has 2 aromatic carbocycles. The van der Waals surface area contributed by atoms with E-state index in [0.29, 0.717) is 19.1 Å². The van der Waals surface area contributed by atoms with E-state index in [1.54, 1.807) is 7.11 Å². The number of nitrogens with zero attached hydrogens (tertiary/aromatic N) is 2. The molecule has 4 nitrogen and oxygen atoms in total. The highest BCUT2D eigenvalue weighted by molar-refractivity contribution is 8.02. The topological polar surface area (TPSA) is 34.6 Å². The Kier molecular flexibility index (Phi) is 6.49. The third-order valence-corrected chi connectivity index (χ3v) is 5.62. The Morgan fingerprint density at radius 1 is 0.931 bits per heavy atom. The molecule has 1 aromatic heterocycles. The first-order valence-electron chi connectivity index (χ1n) is 9.63. The highest BCUT2D eigenvalue weighted by Gasteiger charge is 2.20. The Morgan fingerprint density at radius 3 is 2.48 bits per heavy atom. The van der Waals surface area contributed by atoms with Crippen molar-refractivity contribution in [3.8, 4) is 17.0 Å². The van der Waals surface area contributed by atoms with E-state index >= 15 is 0 Å². The molecule has 1 aliphatic rings. The number of hydrogen-bond acceptors (Lipinski definition) is 5. The van der Waals surface area contributed by atoms with Gasteiger partial charge in [-0.1, -0.05) is 54.6 Å². The maximum Gasteiger partial charge on any atom is 0.213 e. The Morgan fingerprint density at radius 2 is 1.72 bits per heavy atom. The fraction of sp³-hybridized carbons (Fsp3) is 0.208. The third kappa shape index (κ3) is 4.81. The van der Waals surface area contributed by atoms with Crippen LogP contribution in [-0.4, -0.2) is 36.1 Å². The van der Waals surface area contributed by atoms with Gasteiger partial charge in [0.1, 0.15) is 6.61 Å². The minimum absolute atomic E-state index is 0.498. The van der Waals surface area contributed by atoms with Gasteiger partial charge in [0, 0.05) is 37.0 Å². The molecular weight excluding hydrogens is 380 g/mol. The molecule has 0 saturated heterocycles.